The molecule has 2 aromatic rings. The molecule has 0 amide bonds. The minimum atomic E-state index is -4.19. The Balaban J connectivity index is 2.23. The quantitative estimate of drug-likeness (QED) is 0.511. The molecule has 0 unspecified atom stereocenters. The van der Waals surface area contributed by atoms with Crippen molar-refractivity contribution in [2.45, 2.75) is 4.90 Å². The minimum absolute atomic E-state index is 0.189. The topological polar surface area (TPSA) is 105 Å². The molecule has 0 bridgehead atoms. The van der Waals surface area contributed by atoms with Crippen LogP contribution in [-0.4, -0.2) is 13.0 Å². The van der Waals surface area contributed by atoms with Crippen LogP contribution in [0, 0.1) is 0 Å². The van der Waals surface area contributed by atoms with E-state index in [1.807, 2.05) is 0 Å². The molecule has 2 aromatic carbocycles. The monoisotopic (exact) mass is 277 g/mol. The first-order chi connectivity index (χ1) is 8.97. The summed E-state index contributed by atoms with van der Waals surface area (Å²) in [6.07, 6.45) is 0. The van der Waals surface area contributed by atoms with Gasteiger partial charge in [-0.1, -0.05) is 12.1 Å². The van der Waals surface area contributed by atoms with Crippen molar-refractivity contribution in [3.05, 3.63) is 48.5 Å². The number of hydrogen-bond acceptors (Lipinski definition) is 5. The van der Waals surface area contributed by atoms with Crippen molar-refractivity contribution in [3.8, 4) is 0 Å². The molecular weight excluding hydrogens is 266 g/mol. The lowest BCUT2D eigenvalue weighted by atomic mass is 10.3. The van der Waals surface area contributed by atoms with E-state index in [2.05, 4.69) is 10.2 Å². The Kier molecular flexibility index (Phi) is 3.59. The van der Waals surface area contributed by atoms with Gasteiger partial charge in [0.15, 0.2) is 0 Å². The molecule has 98 valence electrons. The average Bonchev–Trinajstić information content (AvgIpc) is 2.37. The molecule has 0 heterocycles. The highest BCUT2D eigenvalue weighted by atomic mass is 32.2. The van der Waals surface area contributed by atoms with Crippen molar-refractivity contribution >= 4 is 27.2 Å². The van der Waals surface area contributed by atoms with E-state index >= 15 is 0 Å². The first-order valence-electron chi connectivity index (χ1n) is 5.30. The Morgan fingerprint density at radius 2 is 1.58 bits per heavy atom. The van der Waals surface area contributed by atoms with Crippen LogP contribution in [0.3, 0.4) is 0 Å². The highest BCUT2D eigenvalue weighted by Crippen LogP contribution is 2.24. The third-order valence-corrected chi connectivity index (χ3v) is 3.21. The Labute approximate surface area is 110 Å². The van der Waals surface area contributed by atoms with Gasteiger partial charge >= 0.3 is 0 Å². The summed E-state index contributed by atoms with van der Waals surface area (Å²) in [5, 5.41) is 7.88. The third kappa shape index (κ3) is 3.36. The molecule has 0 aliphatic rings. The zero-order chi connectivity index (χ0) is 13.9. The summed E-state index contributed by atoms with van der Waals surface area (Å²) >= 11 is 0. The number of benzene rings is 2. The first-order valence-corrected chi connectivity index (χ1v) is 6.74. The lowest BCUT2D eigenvalue weighted by Gasteiger charge is -1.98. The van der Waals surface area contributed by atoms with Gasteiger partial charge in [-0.25, -0.2) is 0 Å². The summed E-state index contributed by atoms with van der Waals surface area (Å²) in [6, 6.07) is 12.4. The smallest absolute Gasteiger partial charge is 0.294 e. The van der Waals surface area contributed by atoms with Crippen LogP contribution in [0.5, 0.6) is 0 Å². The first kappa shape index (κ1) is 13.2. The van der Waals surface area contributed by atoms with Crippen LogP contribution in [0.15, 0.2) is 63.7 Å². The zero-order valence-electron chi connectivity index (χ0n) is 9.76. The summed E-state index contributed by atoms with van der Waals surface area (Å²) in [5.74, 6) is 0. The maximum atomic E-state index is 10.9. The van der Waals surface area contributed by atoms with Crippen LogP contribution in [0.2, 0.25) is 0 Å². The minimum Gasteiger partial charge on any atom is -0.397 e. The van der Waals surface area contributed by atoms with Gasteiger partial charge in [-0.15, -0.1) is 5.11 Å². The highest BCUT2D eigenvalue weighted by Gasteiger charge is 2.08. The molecular formula is C12H11N3O3S. The van der Waals surface area contributed by atoms with Crippen molar-refractivity contribution in [1.29, 1.82) is 0 Å². The highest BCUT2D eigenvalue weighted by molar-refractivity contribution is 7.85. The average molecular weight is 277 g/mol. The van der Waals surface area contributed by atoms with E-state index < -0.39 is 10.1 Å². The van der Waals surface area contributed by atoms with E-state index in [9.17, 15) is 8.42 Å². The number of anilines is 1. The van der Waals surface area contributed by atoms with Gasteiger partial charge in [0.05, 0.1) is 16.3 Å². The fraction of sp³-hybridized carbons (Fsp3) is 0. The Hall–Kier alpha value is -2.25. The molecule has 2 rings (SSSR count). The van der Waals surface area contributed by atoms with E-state index in [0.29, 0.717) is 17.1 Å². The lowest BCUT2D eigenvalue weighted by molar-refractivity contribution is 0.483. The van der Waals surface area contributed by atoms with Crippen molar-refractivity contribution in [3.63, 3.8) is 0 Å². The number of nitrogens with zero attached hydrogens (tertiary/aromatic N) is 2. The van der Waals surface area contributed by atoms with Gasteiger partial charge in [-0.2, -0.15) is 13.5 Å². The predicted molar refractivity (Wildman–Crippen MR) is 71.3 cm³/mol. The van der Waals surface area contributed by atoms with Gasteiger partial charge < -0.3 is 5.73 Å². The van der Waals surface area contributed by atoms with Crippen LogP contribution in [-0.2, 0) is 10.1 Å². The molecule has 6 nitrogen and oxygen atoms in total. The molecule has 0 aliphatic heterocycles. The second-order valence-corrected chi connectivity index (χ2v) is 5.15. The maximum Gasteiger partial charge on any atom is 0.294 e. The van der Waals surface area contributed by atoms with Crippen molar-refractivity contribution in [2.24, 2.45) is 10.2 Å². The van der Waals surface area contributed by atoms with E-state index in [1.165, 1.54) is 24.3 Å². The van der Waals surface area contributed by atoms with Crippen molar-refractivity contribution in [2.75, 3.05) is 5.73 Å². The molecule has 0 saturated heterocycles. The van der Waals surface area contributed by atoms with Gasteiger partial charge in [-0.3, -0.25) is 4.55 Å². The van der Waals surface area contributed by atoms with Crippen LogP contribution in [0.4, 0.5) is 17.1 Å². The molecule has 0 aromatic heterocycles. The van der Waals surface area contributed by atoms with Crippen molar-refractivity contribution < 1.29 is 13.0 Å². The SMILES string of the molecule is Nc1ccccc1N=Nc1ccc(S(=O)(=O)O)cc1. The lowest BCUT2D eigenvalue weighted by Crippen LogP contribution is -1.96. The summed E-state index contributed by atoms with van der Waals surface area (Å²) in [7, 11) is -4.19. The molecule has 0 spiro atoms. The predicted octanol–water partition coefficient (Wildman–Crippen LogP) is 2.93. The molecule has 0 fully saturated rings. The van der Waals surface area contributed by atoms with E-state index in [0.717, 1.165) is 0 Å². The normalized spacial score (nSPS) is 11.8. The van der Waals surface area contributed by atoms with Crippen LogP contribution in [0.25, 0.3) is 0 Å². The molecule has 0 atom stereocenters. The molecule has 0 aliphatic carbocycles. The zero-order valence-corrected chi connectivity index (χ0v) is 10.6. The molecule has 3 N–H and O–H groups in total. The number of azo groups is 1. The number of nitrogens with two attached hydrogens (primary N) is 1. The van der Waals surface area contributed by atoms with Gasteiger partial charge in [0.1, 0.15) is 5.69 Å². The summed E-state index contributed by atoms with van der Waals surface area (Å²) in [6.45, 7) is 0. The maximum absolute atomic E-state index is 10.9. The van der Waals surface area contributed by atoms with Gasteiger partial charge in [-0.05, 0) is 36.4 Å². The van der Waals surface area contributed by atoms with E-state index in [1.54, 1.807) is 24.3 Å². The van der Waals surface area contributed by atoms with Crippen molar-refractivity contribution in [1.82, 2.24) is 0 Å². The molecule has 0 radical (unpaired) electrons. The Morgan fingerprint density at radius 1 is 0.947 bits per heavy atom. The fourth-order valence-corrected chi connectivity index (χ4v) is 1.85. The Bertz CT molecular complexity index is 709. The largest absolute Gasteiger partial charge is 0.397 e. The molecule has 7 heteroatoms. The van der Waals surface area contributed by atoms with Crippen LogP contribution in [0.1, 0.15) is 0 Å². The van der Waals surface area contributed by atoms with Gasteiger partial charge in [0, 0.05) is 0 Å². The summed E-state index contributed by atoms with van der Waals surface area (Å²) in [4.78, 5) is -0.189. The second kappa shape index (κ2) is 5.17. The molecule has 0 saturated carbocycles. The molecule has 19 heavy (non-hydrogen) atoms. The summed E-state index contributed by atoms with van der Waals surface area (Å²) in [5.41, 5.74) is 7.18. The summed E-state index contributed by atoms with van der Waals surface area (Å²) < 4.78 is 30.5. The second-order valence-electron chi connectivity index (χ2n) is 3.73. The number of hydrogen-bond donors (Lipinski definition) is 2. The van der Waals surface area contributed by atoms with E-state index in [-0.39, 0.29) is 4.90 Å². The fourth-order valence-electron chi connectivity index (χ4n) is 1.37. The van der Waals surface area contributed by atoms with Gasteiger partial charge in [0.25, 0.3) is 10.1 Å². The van der Waals surface area contributed by atoms with Gasteiger partial charge in [0.2, 0.25) is 0 Å². The Morgan fingerprint density at radius 3 is 2.16 bits per heavy atom. The standard InChI is InChI=1S/C12H11N3O3S/c13-11-3-1-2-4-12(11)15-14-9-5-7-10(8-6-9)19(16,17)18/h1-8H,13H2,(H,16,17,18). The number of para-hydroxylation sites is 1. The number of rotatable bonds is 3. The van der Waals surface area contributed by atoms with Crippen LogP contribution >= 0.6 is 0 Å². The third-order valence-electron chi connectivity index (χ3n) is 2.34. The number of nitrogen functional groups attached to an aromatic ring is 1. The van der Waals surface area contributed by atoms with Crippen LogP contribution < -0.4 is 5.73 Å². The van der Waals surface area contributed by atoms with E-state index in [4.69, 9.17) is 10.3 Å².